The zero-order valence-corrected chi connectivity index (χ0v) is 11.8. The van der Waals surface area contributed by atoms with Gasteiger partial charge in [0.05, 0.1) is 6.10 Å². The average molecular weight is 300 g/mol. The van der Waals surface area contributed by atoms with Gasteiger partial charge in [-0.3, -0.25) is 4.74 Å². The third-order valence-electron chi connectivity index (χ3n) is 3.08. The van der Waals surface area contributed by atoms with Crippen LogP contribution < -0.4 is 0 Å². The molecule has 0 aromatic rings. The fourth-order valence-electron chi connectivity index (χ4n) is 2.10. The maximum absolute atomic E-state index is 12.1. The Morgan fingerprint density at radius 3 is 2.63 bits per heavy atom. The second kappa shape index (κ2) is 7.52. The van der Waals surface area contributed by atoms with Crippen molar-refractivity contribution in [2.45, 2.75) is 49.7 Å². The van der Waals surface area contributed by atoms with Gasteiger partial charge >= 0.3 is 6.36 Å². The van der Waals surface area contributed by atoms with Gasteiger partial charge in [-0.15, -0.1) is 13.2 Å². The molecule has 112 valence electrons. The van der Waals surface area contributed by atoms with E-state index in [4.69, 9.17) is 4.74 Å². The number of aliphatic hydroxyl groups excluding tert-OH is 1. The summed E-state index contributed by atoms with van der Waals surface area (Å²) < 4.78 is 45.1. The number of aliphatic hydroxyl groups is 1. The van der Waals surface area contributed by atoms with Gasteiger partial charge in [0.25, 0.3) is 0 Å². The molecule has 0 bridgehead atoms. The van der Waals surface area contributed by atoms with Crippen LogP contribution in [0.5, 0.6) is 0 Å². The van der Waals surface area contributed by atoms with Gasteiger partial charge in [0.2, 0.25) is 0 Å². The van der Waals surface area contributed by atoms with Crippen LogP contribution in [0.15, 0.2) is 11.6 Å². The number of hydrogen-bond acceptors (Lipinski definition) is 4. The quantitative estimate of drug-likeness (QED) is 0.604. The summed E-state index contributed by atoms with van der Waals surface area (Å²) in [5.41, 5.74) is 1.06. The van der Waals surface area contributed by atoms with E-state index in [1.807, 2.05) is 6.26 Å². The van der Waals surface area contributed by atoms with Crippen molar-refractivity contribution < 1.29 is 27.8 Å². The van der Waals surface area contributed by atoms with Crippen LogP contribution in [0.4, 0.5) is 13.2 Å². The number of alkyl halides is 3. The Morgan fingerprint density at radius 1 is 1.53 bits per heavy atom. The minimum Gasteiger partial charge on any atom is -0.368 e. The lowest BCUT2D eigenvalue weighted by atomic mass is 9.93. The largest absolute Gasteiger partial charge is 0.522 e. The van der Waals surface area contributed by atoms with Crippen LogP contribution >= 0.6 is 11.8 Å². The van der Waals surface area contributed by atoms with Gasteiger partial charge in [0.1, 0.15) is 0 Å². The van der Waals surface area contributed by atoms with Gasteiger partial charge in [0.15, 0.2) is 6.29 Å². The lowest BCUT2D eigenvalue weighted by Gasteiger charge is -2.27. The molecule has 0 fully saturated rings. The van der Waals surface area contributed by atoms with Gasteiger partial charge in [-0.25, -0.2) is 0 Å². The molecule has 0 aromatic carbocycles. The molecule has 3 atom stereocenters. The maximum Gasteiger partial charge on any atom is 0.522 e. The van der Waals surface area contributed by atoms with Crippen molar-refractivity contribution in [2.24, 2.45) is 0 Å². The molecule has 0 aromatic heterocycles. The predicted molar refractivity (Wildman–Crippen MR) is 67.8 cm³/mol. The molecule has 1 rings (SSSR count). The number of hydrogen-bond donors (Lipinski definition) is 1. The molecule has 0 spiro atoms. The summed E-state index contributed by atoms with van der Waals surface area (Å²) in [7, 11) is 1.42. The van der Waals surface area contributed by atoms with Gasteiger partial charge in [-0.05, 0) is 25.5 Å². The fraction of sp³-hybridized carbons (Fsp3) is 0.833. The van der Waals surface area contributed by atoms with Crippen LogP contribution in [0.3, 0.4) is 0 Å². The van der Waals surface area contributed by atoms with Crippen molar-refractivity contribution in [2.75, 3.05) is 13.4 Å². The first-order chi connectivity index (χ1) is 8.85. The Labute approximate surface area is 115 Å². The molecular formula is C12H19F3O3S. The number of halogens is 3. The van der Waals surface area contributed by atoms with Crippen LogP contribution in [0.25, 0.3) is 0 Å². The third-order valence-corrected chi connectivity index (χ3v) is 4.15. The summed E-state index contributed by atoms with van der Waals surface area (Å²) in [6.45, 7) is 0. The highest BCUT2D eigenvalue weighted by Gasteiger charge is 2.34. The first kappa shape index (κ1) is 16.8. The second-order valence-corrected chi connectivity index (χ2v) is 5.43. The topological polar surface area (TPSA) is 38.7 Å². The summed E-state index contributed by atoms with van der Waals surface area (Å²) in [5.74, 6) is 0. The van der Waals surface area contributed by atoms with Gasteiger partial charge in [-0.1, -0.05) is 11.6 Å². The summed E-state index contributed by atoms with van der Waals surface area (Å²) >= 11 is 1.56. The molecule has 0 amide bonds. The normalized spacial score (nSPS) is 23.9. The van der Waals surface area contributed by atoms with Crippen molar-refractivity contribution >= 4 is 11.8 Å². The molecule has 0 radical (unpaired) electrons. The lowest BCUT2D eigenvalue weighted by molar-refractivity contribution is -0.343. The SMILES string of the molecule is COC(O)CC(SC)C1=CCC(OC(F)(F)F)CC1. The molecule has 0 saturated heterocycles. The Morgan fingerprint density at radius 2 is 2.21 bits per heavy atom. The second-order valence-electron chi connectivity index (χ2n) is 4.39. The smallest absolute Gasteiger partial charge is 0.368 e. The van der Waals surface area contributed by atoms with E-state index in [9.17, 15) is 18.3 Å². The van der Waals surface area contributed by atoms with Gasteiger partial charge < -0.3 is 9.84 Å². The minimum absolute atomic E-state index is 0.0711. The first-order valence-corrected chi connectivity index (χ1v) is 7.31. The van der Waals surface area contributed by atoms with E-state index in [1.165, 1.54) is 7.11 Å². The Balaban J connectivity index is 2.52. The Hall–Kier alpha value is -0.240. The van der Waals surface area contributed by atoms with E-state index in [0.717, 1.165) is 5.57 Å². The predicted octanol–water partition coefficient (Wildman–Crippen LogP) is 3.09. The fourth-order valence-corrected chi connectivity index (χ4v) is 2.97. The number of rotatable bonds is 6. The van der Waals surface area contributed by atoms with Crippen LogP contribution in [0.1, 0.15) is 25.7 Å². The van der Waals surface area contributed by atoms with E-state index >= 15 is 0 Å². The molecule has 3 nitrogen and oxygen atoms in total. The first-order valence-electron chi connectivity index (χ1n) is 6.03. The molecular weight excluding hydrogens is 281 g/mol. The van der Waals surface area contributed by atoms with Crippen molar-refractivity contribution in [3.8, 4) is 0 Å². The molecule has 1 aliphatic rings. The minimum atomic E-state index is -4.57. The molecule has 0 heterocycles. The summed E-state index contributed by atoms with van der Waals surface area (Å²) in [6.07, 6.45) is -0.894. The van der Waals surface area contributed by atoms with Crippen LogP contribution in [-0.2, 0) is 9.47 Å². The monoisotopic (exact) mass is 300 g/mol. The zero-order chi connectivity index (χ0) is 14.5. The highest BCUT2D eigenvalue weighted by atomic mass is 32.2. The van der Waals surface area contributed by atoms with Crippen molar-refractivity contribution in [1.29, 1.82) is 0 Å². The van der Waals surface area contributed by atoms with E-state index < -0.39 is 18.8 Å². The third kappa shape index (κ3) is 6.16. The van der Waals surface area contributed by atoms with E-state index in [0.29, 0.717) is 19.3 Å². The van der Waals surface area contributed by atoms with E-state index in [1.54, 1.807) is 17.8 Å². The standard InChI is InChI=1S/C12H19F3O3S/c1-17-11(16)7-10(19-2)8-3-5-9(6-4-8)18-12(13,14)15/h3,9-11,16H,4-7H2,1-2H3. The molecule has 0 aliphatic heterocycles. The van der Waals surface area contributed by atoms with Crippen molar-refractivity contribution in [1.82, 2.24) is 0 Å². The maximum atomic E-state index is 12.1. The average Bonchev–Trinajstić information content (AvgIpc) is 2.35. The van der Waals surface area contributed by atoms with Crippen molar-refractivity contribution in [3.05, 3.63) is 11.6 Å². The van der Waals surface area contributed by atoms with Gasteiger partial charge in [0, 0.05) is 18.8 Å². The van der Waals surface area contributed by atoms with Gasteiger partial charge in [-0.2, -0.15) is 11.8 Å². The highest BCUT2D eigenvalue weighted by molar-refractivity contribution is 7.99. The molecule has 1 aliphatic carbocycles. The Kier molecular flexibility index (Phi) is 6.65. The van der Waals surface area contributed by atoms with Crippen LogP contribution in [0, 0.1) is 0 Å². The molecule has 7 heteroatoms. The van der Waals surface area contributed by atoms with Crippen LogP contribution in [0.2, 0.25) is 0 Å². The number of ether oxygens (including phenoxy) is 2. The van der Waals surface area contributed by atoms with Crippen molar-refractivity contribution in [3.63, 3.8) is 0 Å². The molecule has 3 unspecified atom stereocenters. The zero-order valence-electron chi connectivity index (χ0n) is 10.9. The number of thioether (sulfide) groups is 1. The summed E-state index contributed by atoms with van der Waals surface area (Å²) in [4.78, 5) is 0. The molecule has 1 N–H and O–H groups in total. The lowest BCUT2D eigenvalue weighted by Crippen LogP contribution is -2.27. The number of methoxy groups -OCH3 is 1. The Bertz CT molecular complexity index is 307. The molecule has 0 saturated carbocycles. The summed E-state index contributed by atoms with van der Waals surface area (Å²) in [6, 6.07) is 0. The highest BCUT2D eigenvalue weighted by Crippen LogP contribution is 2.33. The molecule has 19 heavy (non-hydrogen) atoms. The van der Waals surface area contributed by atoms with E-state index in [2.05, 4.69) is 4.74 Å². The van der Waals surface area contributed by atoms with Crippen LogP contribution in [-0.4, -0.2) is 42.5 Å². The summed E-state index contributed by atoms with van der Waals surface area (Å²) in [5, 5.41) is 9.53. The van der Waals surface area contributed by atoms with E-state index in [-0.39, 0.29) is 11.7 Å².